The van der Waals surface area contributed by atoms with Gasteiger partial charge in [-0.3, -0.25) is 9.69 Å². The van der Waals surface area contributed by atoms with E-state index in [9.17, 15) is 4.79 Å². The number of nitrogens with zero attached hydrogens (tertiary/aromatic N) is 2. The number of aryl methyl sites for hydroxylation is 2. The van der Waals surface area contributed by atoms with Gasteiger partial charge in [-0.05, 0) is 56.2 Å². The van der Waals surface area contributed by atoms with E-state index in [1.807, 2.05) is 73.3 Å². The van der Waals surface area contributed by atoms with Crippen molar-refractivity contribution < 1.29 is 9.32 Å². The van der Waals surface area contributed by atoms with Gasteiger partial charge in [0.2, 0.25) is 0 Å². The quantitative estimate of drug-likeness (QED) is 0.602. The van der Waals surface area contributed by atoms with Crippen molar-refractivity contribution >= 4 is 34.7 Å². The number of carbonyl (C=O) groups excluding carboxylic acids is 1. The highest BCUT2D eigenvalue weighted by Gasteiger charge is 2.35. The third-order valence-corrected chi connectivity index (χ3v) is 5.41. The molecule has 2 aromatic carbocycles. The second-order valence-electron chi connectivity index (χ2n) is 7.19. The van der Waals surface area contributed by atoms with Crippen LogP contribution >= 0.6 is 12.2 Å². The van der Waals surface area contributed by atoms with E-state index in [4.69, 9.17) is 16.7 Å². The minimum atomic E-state index is -0.383. The van der Waals surface area contributed by atoms with Crippen molar-refractivity contribution in [1.82, 2.24) is 10.5 Å². The Labute approximate surface area is 180 Å². The fourth-order valence-corrected chi connectivity index (χ4v) is 4.04. The maximum Gasteiger partial charge on any atom is 0.257 e. The molecule has 0 radical (unpaired) electrons. The monoisotopic (exact) mass is 418 g/mol. The molecule has 4 rings (SSSR count). The first-order chi connectivity index (χ1) is 14.5. The molecule has 1 aliphatic heterocycles. The van der Waals surface area contributed by atoms with Crippen molar-refractivity contribution in [3.05, 3.63) is 88.8 Å². The number of carbonyl (C=O) groups is 1. The lowest BCUT2D eigenvalue weighted by Crippen LogP contribution is -2.48. The molecular weight excluding hydrogens is 396 g/mol. The Bertz CT molecular complexity index is 1140. The van der Waals surface area contributed by atoms with Crippen molar-refractivity contribution in [2.75, 3.05) is 10.2 Å². The van der Waals surface area contributed by atoms with Gasteiger partial charge in [0.05, 0.1) is 11.6 Å². The number of amides is 1. The Hall–Kier alpha value is -3.45. The first kappa shape index (κ1) is 19.8. The van der Waals surface area contributed by atoms with Gasteiger partial charge in [-0.25, -0.2) is 0 Å². The molecule has 0 spiro atoms. The van der Waals surface area contributed by atoms with Gasteiger partial charge < -0.3 is 15.2 Å². The zero-order valence-electron chi connectivity index (χ0n) is 17.0. The summed E-state index contributed by atoms with van der Waals surface area (Å²) < 4.78 is 5.09. The van der Waals surface area contributed by atoms with E-state index >= 15 is 0 Å². The molecule has 0 saturated heterocycles. The van der Waals surface area contributed by atoms with Gasteiger partial charge in [0, 0.05) is 17.5 Å². The Balaban J connectivity index is 1.82. The van der Waals surface area contributed by atoms with Crippen LogP contribution in [0.1, 0.15) is 29.9 Å². The average molecular weight is 419 g/mol. The van der Waals surface area contributed by atoms with E-state index in [1.165, 1.54) is 0 Å². The Morgan fingerprint density at radius 1 is 1.10 bits per heavy atom. The van der Waals surface area contributed by atoms with E-state index in [-0.39, 0.29) is 11.9 Å². The lowest BCUT2D eigenvalue weighted by atomic mass is 9.91. The van der Waals surface area contributed by atoms with Crippen LogP contribution < -0.4 is 15.5 Å². The van der Waals surface area contributed by atoms with Crippen molar-refractivity contribution in [3.63, 3.8) is 0 Å². The van der Waals surface area contributed by atoms with Crippen LogP contribution in [0.15, 0.2) is 76.5 Å². The predicted molar refractivity (Wildman–Crippen MR) is 121 cm³/mol. The lowest BCUT2D eigenvalue weighted by Gasteiger charge is -2.38. The van der Waals surface area contributed by atoms with Crippen LogP contribution in [0.4, 0.5) is 11.5 Å². The van der Waals surface area contributed by atoms with Crippen molar-refractivity contribution in [2.24, 2.45) is 0 Å². The fourth-order valence-electron chi connectivity index (χ4n) is 3.68. The summed E-state index contributed by atoms with van der Waals surface area (Å²) in [7, 11) is 0. The number of hydrogen-bond donors (Lipinski definition) is 2. The number of thiocarbonyl (C=S) groups is 1. The van der Waals surface area contributed by atoms with Crippen LogP contribution in [0.25, 0.3) is 0 Å². The SMILES string of the molecule is CC1=C(C(=O)Nc2cc(C)on2)[C@H](c2ccccc2C)NC(=S)N1c1ccccc1. The van der Waals surface area contributed by atoms with Gasteiger partial charge in [0.25, 0.3) is 5.91 Å². The first-order valence-corrected chi connectivity index (χ1v) is 10.0. The Morgan fingerprint density at radius 3 is 2.47 bits per heavy atom. The van der Waals surface area contributed by atoms with E-state index < -0.39 is 0 Å². The number of rotatable bonds is 4. The van der Waals surface area contributed by atoms with Crippen LogP contribution in [0.3, 0.4) is 0 Å². The summed E-state index contributed by atoms with van der Waals surface area (Å²) in [5.74, 6) is 0.742. The van der Waals surface area contributed by atoms with Gasteiger partial charge in [-0.15, -0.1) is 0 Å². The highest BCUT2D eigenvalue weighted by Crippen LogP contribution is 2.35. The largest absolute Gasteiger partial charge is 0.360 e. The third-order valence-electron chi connectivity index (χ3n) is 5.11. The van der Waals surface area contributed by atoms with Gasteiger partial charge in [0.15, 0.2) is 10.9 Å². The lowest BCUT2D eigenvalue weighted by molar-refractivity contribution is -0.113. The van der Waals surface area contributed by atoms with Gasteiger partial charge in [-0.2, -0.15) is 0 Å². The second-order valence-corrected chi connectivity index (χ2v) is 7.57. The summed E-state index contributed by atoms with van der Waals surface area (Å²) in [6, 6.07) is 19.0. The zero-order valence-corrected chi connectivity index (χ0v) is 17.8. The van der Waals surface area contributed by atoms with E-state index in [2.05, 4.69) is 15.8 Å². The predicted octanol–water partition coefficient (Wildman–Crippen LogP) is 4.64. The molecule has 3 aromatic rings. The molecule has 1 amide bonds. The van der Waals surface area contributed by atoms with E-state index in [0.717, 1.165) is 22.5 Å². The standard InChI is InChI=1S/C23H22N4O2S/c1-14-9-7-8-12-18(14)21-20(22(28)24-19-13-15(2)29-26-19)16(3)27(23(30)25-21)17-10-5-4-6-11-17/h4-13,21H,1-3H3,(H,25,30)(H,24,26,28)/t21-/m0/s1. The summed E-state index contributed by atoms with van der Waals surface area (Å²) in [6.07, 6.45) is 0. The number of benzene rings is 2. The molecule has 2 heterocycles. The first-order valence-electron chi connectivity index (χ1n) is 9.62. The highest BCUT2D eigenvalue weighted by molar-refractivity contribution is 7.80. The van der Waals surface area contributed by atoms with Crippen LogP contribution in [-0.4, -0.2) is 16.2 Å². The van der Waals surface area contributed by atoms with Crippen LogP contribution in [0.5, 0.6) is 0 Å². The smallest absolute Gasteiger partial charge is 0.257 e. The van der Waals surface area contributed by atoms with Crippen molar-refractivity contribution in [1.29, 1.82) is 0 Å². The molecule has 7 heteroatoms. The molecule has 1 atom stereocenters. The van der Waals surface area contributed by atoms with Crippen LogP contribution in [0, 0.1) is 13.8 Å². The Kier molecular flexibility index (Phi) is 5.37. The second kappa shape index (κ2) is 8.12. The third kappa shape index (κ3) is 3.71. The molecule has 2 N–H and O–H groups in total. The van der Waals surface area contributed by atoms with Crippen molar-refractivity contribution in [3.8, 4) is 0 Å². The topological polar surface area (TPSA) is 70.4 Å². The molecule has 0 aliphatic carbocycles. The maximum atomic E-state index is 13.4. The molecule has 152 valence electrons. The number of allylic oxidation sites excluding steroid dienone is 1. The van der Waals surface area contributed by atoms with E-state index in [0.29, 0.717) is 22.3 Å². The molecule has 1 aromatic heterocycles. The normalized spacial score (nSPS) is 16.4. The highest BCUT2D eigenvalue weighted by atomic mass is 32.1. The fraction of sp³-hybridized carbons (Fsp3) is 0.174. The summed E-state index contributed by atoms with van der Waals surface area (Å²) in [6.45, 7) is 5.71. The average Bonchev–Trinajstić information content (AvgIpc) is 3.13. The number of aromatic nitrogens is 1. The van der Waals surface area contributed by atoms with Gasteiger partial charge in [0.1, 0.15) is 5.76 Å². The molecule has 0 fully saturated rings. The zero-order chi connectivity index (χ0) is 21.3. The molecule has 0 saturated carbocycles. The van der Waals surface area contributed by atoms with E-state index in [1.54, 1.807) is 13.0 Å². The minimum Gasteiger partial charge on any atom is -0.360 e. The molecule has 0 unspecified atom stereocenters. The number of hydrogen-bond acceptors (Lipinski definition) is 4. The molecule has 0 bridgehead atoms. The minimum absolute atomic E-state index is 0.259. The number of anilines is 2. The van der Waals surface area contributed by atoms with Crippen LogP contribution in [0.2, 0.25) is 0 Å². The number of nitrogens with one attached hydrogen (secondary N) is 2. The summed E-state index contributed by atoms with van der Waals surface area (Å²) >= 11 is 5.70. The molecule has 30 heavy (non-hydrogen) atoms. The maximum absolute atomic E-state index is 13.4. The molecule has 1 aliphatic rings. The Morgan fingerprint density at radius 2 is 1.80 bits per heavy atom. The van der Waals surface area contributed by atoms with Gasteiger partial charge >= 0.3 is 0 Å². The number of para-hydroxylation sites is 1. The summed E-state index contributed by atoms with van der Waals surface area (Å²) in [5, 5.41) is 10.7. The molecular formula is C23H22N4O2S. The van der Waals surface area contributed by atoms with Crippen molar-refractivity contribution in [2.45, 2.75) is 26.8 Å². The van der Waals surface area contributed by atoms with Crippen LogP contribution in [-0.2, 0) is 4.79 Å². The summed E-state index contributed by atoms with van der Waals surface area (Å²) in [4.78, 5) is 15.3. The van der Waals surface area contributed by atoms with Gasteiger partial charge in [-0.1, -0.05) is 47.6 Å². The summed E-state index contributed by atoms with van der Waals surface area (Å²) in [5.41, 5.74) is 4.28. The molecule has 6 nitrogen and oxygen atoms in total.